The molecule has 0 spiro atoms. The highest BCUT2D eigenvalue weighted by atomic mass is 32.1. The average Bonchev–Trinajstić information content (AvgIpc) is 2.40. The van der Waals surface area contributed by atoms with E-state index in [4.69, 9.17) is 4.79 Å². The molecule has 1 amide bonds. The van der Waals surface area contributed by atoms with E-state index in [1.54, 1.807) is 5.43 Å². The molecule has 3 N–H and O–H groups in total. The summed E-state index contributed by atoms with van der Waals surface area (Å²) in [5, 5.41) is 0. The van der Waals surface area contributed by atoms with Crippen LogP contribution < -0.4 is 11.3 Å². The molecule has 0 unspecified atom stereocenters. The zero-order valence-electron chi connectivity index (χ0n) is 5.79. The number of nitrogens with one attached hydrogen (secondary N) is 1. The third-order valence-electron chi connectivity index (χ3n) is 1.15. The number of rotatable bonds is 1. The van der Waals surface area contributed by atoms with Crippen molar-refractivity contribution in [1.29, 1.82) is 0 Å². The first-order valence-electron chi connectivity index (χ1n) is 3.15. The summed E-state index contributed by atoms with van der Waals surface area (Å²) in [4.78, 5) is 8.94. The van der Waals surface area contributed by atoms with Crippen molar-refractivity contribution >= 4 is 19.2 Å². The third kappa shape index (κ3) is 5.87. The molecule has 0 atom stereocenters. The van der Waals surface area contributed by atoms with Crippen LogP contribution in [0.25, 0.3) is 0 Å². The summed E-state index contributed by atoms with van der Waals surface area (Å²) in [6.45, 7) is 2.37. The van der Waals surface area contributed by atoms with Gasteiger partial charge in [-0.1, -0.05) is 12.8 Å². The van der Waals surface area contributed by atoms with Gasteiger partial charge in [0.2, 0.25) is 6.41 Å². The molecule has 1 saturated heterocycles. The Labute approximate surface area is 66.3 Å². The van der Waals surface area contributed by atoms with Gasteiger partial charge >= 0.3 is 0 Å². The Morgan fingerprint density at radius 1 is 1.50 bits per heavy atom. The monoisotopic (exact) mass is 163 g/mol. The summed E-state index contributed by atoms with van der Waals surface area (Å²) in [7, 11) is 0. The number of nitrogens with zero attached hydrogens (tertiary/aromatic N) is 1. The predicted octanol–water partition coefficient (Wildman–Crippen LogP) is -0.467. The largest absolute Gasteiger partial charge is 0.297 e. The molecule has 5 heteroatoms. The highest BCUT2D eigenvalue weighted by molar-refractivity contribution is 7.77. The smallest absolute Gasteiger partial charge is 0.221 e. The van der Waals surface area contributed by atoms with Crippen LogP contribution in [-0.4, -0.2) is 23.8 Å². The zero-order valence-corrected chi connectivity index (χ0v) is 6.68. The quantitative estimate of drug-likeness (QED) is 0.161. The van der Waals surface area contributed by atoms with Crippen LogP contribution >= 0.6 is 12.8 Å². The van der Waals surface area contributed by atoms with E-state index >= 15 is 0 Å². The summed E-state index contributed by atoms with van der Waals surface area (Å²) < 4.78 is 2.06. The fourth-order valence-corrected chi connectivity index (χ4v) is 0.983. The number of carbonyl (C=O) groups is 1. The molecule has 10 heavy (non-hydrogen) atoms. The highest BCUT2D eigenvalue weighted by Gasteiger charge is 2.04. The van der Waals surface area contributed by atoms with Crippen LogP contribution in [-0.2, 0) is 4.79 Å². The van der Waals surface area contributed by atoms with Gasteiger partial charge in [-0.3, -0.25) is 14.5 Å². The first-order valence-corrected chi connectivity index (χ1v) is 3.55. The minimum atomic E-state index is 0.403. The lowest BCUT2D eigenvalue weighted by atomic mass is 10.4. The molecule has 0 saturated carbocycles. The number of carbonyl (C=O) groups excluding carboxylic acids is 1. The van der Waals surface area contributed by atoms with Gasteiger partial charge in [0.1, 0.15) is 0 Å². The van der Waals surface area contributed by atoms with Crippen LogP contribution in [0.1, 0.15) is 12.8 Å². The minimum absolute atomic E-state index is 0.403. The summed E-state index contributed by atoms with van der Waals surface area (Å²) in [5.74, 6) is 4.41. The van der Waals surface area contributed by atoms with E-state index in [1.165, 1.54) is 25.9 Å². The second-order valence-corrected chi connectivity index (χ2v) is 2.51. The Morgan fingerprint density at radius 2 is 1.90 bits per heavy atom. The second kappa shape index (κ2) is 6.85. The van der Waals surface area contributed by atoms with Gasteiger partial charge in [-0.25, -0.2) is 5.84 Å². The second-order valence-electron chi connectivity index (χ2n) is 1.95. The maximum Gasteiger partial charge on any atom is 0.221 e. The van der Waals surface area contributed by atoms with Gasteiger partial charge in [0.25, 0.3) is 0 Å². The number of nitrogens with two attached hydrogens (primary N) is 1. The molecule has 60 valence electrons. The molecular formula is C5H13N3OS. The predicted molar refractivity (Wildman–Crippen MR) is 43.2 cm³/mol. The van der Waals surface area contributed by atoms with Gasteiger partial charge in [-0.2, -0.15) is 0 Å². The Morgan fingerprint density at radius 3 is 2.00 bits per heavy atom. The lowest BCUT2D eigenvalue weighted by molar-refractivity contribution is -0.109. The summed E-state index contributed by atoms with van der Waals surface area (Å²) in [6, 6.07) is 0. The molecule has 0 aromatic rings. The molecular weight excluding hydrogens is 150 g/mol. The third-order valence-corrected chi connectivity index (χ3v) is 1.55. The van der Waals surface area contributed by atoms with E-state index < -0.39 is 0 Å². The van der Waals surface area contributed by atoms with Crippen LogP contribution in [0.4, 0.5) is 0 Å². The summed E-state index contributed by atoms with van der Waals surface area (Å²) in [6.07, 6.45) is 3.08. The maximum absolute atomic E-state index is 8.94. The van der Waals surface area contributed by atoms with Crippen molar-refractivity contribution in [2.75, 3.05) is 13.1 Å². The fraction of sp³-hybridized carbons (Fsp3) is 0.800. The van der Waals surface area contributed by atoms with Crippen molar-refractivity contribution in [3.63, 3.8) is 0 Å². The zero-order chi connectivity index (χ0) is 7.82. The standard InChI is InChI=1S/C4H9NS.CH4N2O/c6-5-3-1-2-4-5;2-3-1-4/h6H,1-4H2;1H,2H2,(H,3,4). The Hall–Kier alpha value is -0.260. The molecule has 0 radical (unpaired) electrons. The topological polar surface area (TPSA) is 58.4 Å². The average molecular weight is 163 g/mol. The van der Waals surface area contributed by atoms with Gasteiger partial charge in [0.05, 0.1) is 0 Å². The molecule has 0 aromatic carbocycles. The molecule has 4 nitrogen and oxygen atoms in total. The van der Waals surface area contributed by atoms with Crippen molar-refractivity contribution in [2.24, 2.45) is 5.84 Å². The molecule has 1 heterocycles. The Balaban J connectivity index is 0.000000180. The van der Waals surface area contributed by atoms with Gasteiger partial charge in [0, 0.05) is 13.1 Å². The molecule has 1 aliphatic heterocycles. The van der Waals surface area contributed by atoms with Crippen molar-refractivity contribution in [2.45, 2.75) is 12.8 Å². The number of hydrogen-bond acceptors (Lipinski definition) is 4. The Bertz CT molecular complexity index is 85.0. The molecule has 0 aliphatic carbocycles. The van der Waals surface area contributed by atoms with Crippen molar-refractivity contribution in [1.82, 2.24) is 9.73 Å². The first kappa shape index (κ1) is 9.74. The SMILES string of the molecule is NNC=O.SN1CCCC1. The van der Waals surface area contributed by atoms with Crippen LogP contribution in [0, 0.1) is 0 Å². The molecule has 1 fully saturated rings. The number of hydrazine groups is 1. The Kier molecular flexibility index (Phi) is 6.68. The van der Waals surface area contributed by atoms with Crippen LogP contribution in [0.3, 0.4) is 0 Å². The van der Waals surface area contributed by atoms with E-state index in [-0.39, 0.29) is 0 Å². The van der Waals surface area contributed by atoms with Crippen molar-refractivity contribution in [3.05, 3.63) is 0 Å². The minimum Gasteiger partial charge on any atom is -0.297 e. The lowest BCUT2D eigenvalue weighted by Gasteiger charge is -1.99. The normalized spacial score (nSPS) is 17.4. The molecule has 1 aliphatic rings. The van der Waals surface area contributed by atoms with Crippen LogP contribution in [0.5, 0.6) is 0 Å². The molecule has 0 bridgehead atoms. The van der Waals surface area contributed by atoms with Crippen molar-refractivity contribution < 1.29 is 4.79 Å². The van der Waals surface area contributed by atoms with Crippen LogP contribution in [0.2, 0.25) is 0 Å². The van der Waals surface area contributed by atoms with Gasteiger partial charge in [-0.15, -0.1) is 0 Å². The van der Waals surface area contributed by atoms with E-state index in [0.29, 0.717) is 6.41 Å². The van der Waals surface area contributed by atoms with E-state index in [2.05, 4.69) is 23.0 Å². The fourth-order valence-electron chi connectivity index (χ4n) is 0.700. The highest BCUT2D eigenvalue weighted by Crippen LogP contribution is 2.07. The van der Waals surface area contributed by atoms with Crippen molar-refractivity contribution in [3.8, 4) is 0 Å². The lowest BCUT2D eigenvalue weighted by Crippen LogP contribution is -2.18. The number of thiol groups is 1. The summed E-state index contributed by atoms with van der Waals surface area (Å²) >= 11 is 4.13. The maximum atomic E-state index is 8.94. The summed E-state index contributed by atoms with van der Waals surface area (Å²) in [5.41, 5.74) is 1.75. The molecule has 0 aromatic heterocycles. The number of amides is 1. The molecule has 1 rings (SSSR count). The van der Waals surface area contributed by atoms with Gasteiger partial charge in [0.15, 0.2) is 0 Å². The van der Waals surface area contributed by atoms with Gasteiger partial charge < -0.3 is 0 Å². The van der Waals surface area contributed by atoms with E-state index in [9.17, 15) is 0 Å². The van der Waals surface area contributed by atoms with E-state index in [0.717, 1.165) is 0 Å². The van der Waals surface area contributed by atoms with E-state index in [1.807, 2.05) is 0 Å². The van der Waals surface area contributed by atoms with Gasteiger partial charge in [-0.05, 0) is 12.8 Å². The number of hydrogen-bond donors (Lipinski definition) is 3. The first-order chi connectivity index (χ1) is 4.81. The van der Waals surface area contributed by atoms with Crippen LogP contribution in [0.15, 0.2) is 0 Å².